The Kier molecular flexibility index (Phi) is 6.35. The lowest BCUT2D eigenvalue weighted by Crippen LogP contribution is -2.17. The molecule has 0 atom stereocenters. The van der Waals surface area contributed by atoms with Crippen molar-refractivity contribution in [3.8, 4) is 17.0 Å². The van der Waals surface area contributed by atoms with Gasteiger partial charge in [-0.25, -0.2) is 4.98 Å². The Morgan fingerprint density at radius 2 is 1.87 bits per heavy atom. The maximum Gasteiger partial charge on any atom is 0.121 e. The van der Waals surface area contributed by atoms with Gasteiger partial charge in [0, 0.05) is 36.0 Å². The Hall–Kier alpha value is -3.24. The van der Waals surface area contributed by atoms with Crippen molar-refractivity contribution in [2.75, 3.05) is 13.2 Å². The predicted molar refractivity (Wildman–Crippen MR) is 123 cm³/mol. The molecule has 152 valence electrons. The van der Waals surface area contributed by atoms with E-state index in [0.717, 1.165) is 47.4 Å². The fraction of sp³-hybridized carbons (Fsp3) is 0.231. The van der Waals surface area contributed by atoms with E-state index in [1.54, 1.807) is 6.20 Å². The molecule has 0 aliphatic rings. The third-order valence-corrected chi connectivity index (χ3v) is 5.14. The molecule has 2 heterocycles. The molecule has 4 aromatic rings. The van der Waals surface area contributed by atoms with Gasteiger partial charge in [-0.1, -0.05) is 29.8 Å². The number of aryl methyl sites for hydroxylation is 1. The first-order valence-electron chi connectivity index (χ1n) is 10.5. The molecule has 0 bridgehead atoms. The van der Waals surface area contributed by atoms with Crippen LogP contribution in [0.25, 0.3) is 22.2 Å². The van der Waals surface area contributed by atoms with Crippen molar-refractivity contribution in [1.29, 1.82) is 0 Å². The monoisotopic (exact) mass is 397 g/mol. The van der Waals surface area contributed by atoms with Crippen molar-refractivity contribution in [3.05, 3.63) is 89.7 Å². The van der Waals surface area contributed by atoms with E-state index < -0.39 is 0 Å². The van der Waals surface area contributed by atoms with Crippen LogP contribution in [0.2, 0.25) is 0 Å². The summed E-state index contributed by atoms with van der Waals surface area (Å²) in [5.74, 6) is 0.846. The maximum atomic E-state index is 5.65. The SMILES string of the molecule is CCOc1ccc2cc(CNCCc3ccc(C)cc3)c(-c3cccnc3)nc2c1. The molecule has 0 aliphatic carbocycles. The fourth-order valence-corrected chi connectivity index (χ4v) is 3.55. The number of aromatic nitrogens is 2. The summed E-state index contributed by atoms with van der Waals surface area (Å²) in [7, 11) is 0. The summed E-state index contributed by atoms with van der Waals surface area (Å²) < 4.78 is 5.65. The summed E-state index contributed by atoms with van der Waals surface area (Å²) in [5.41, 5.74) is 6.73. The molecular formula is C26H27N3O. The summed E-state index contributed by atoms with van der Waals surface area (Å²) in [6, 6.07) is 21.1. The molecule has 0 saturated heterocycles. The van der Waals surface area contributed by atoms with Crippen molar-refractivity contribution < 1.29 is 4.74 Å². The van der Waals surface area contributed by atoms with Crippen LogP contribution < -0.4 is 10.1 Å². The summed E-state index contributed by atoms with van der Waals surface area (Å²) in [4.78, 5) is 9.26. The average Bonchev–Trinajstić information content (AvgIpc) is 2.78. The Morgan fingerprint density at radius 1 is 1.00 bits per heavy atom. The number of hydrogen-bond acceptors (Lipinski definition) is 4. The second-order valence-corrected chi connectivity index (χ2v) is 7.44. The van der Waals surface area contributed by atoms with Gasteiger partial charge in [-0.3, -0.25) is 4.98 Å². The maximum absolute atomic E-state index is 5.65. The molecule has 0 spiro atoms. The molecule has 4 heteroatoms. The lowest BCUT2D eigenvalue weighted by molar-refractivity contribution is 0.340. The molecule has 2 aromatic heterocycles. The highest BCUT2D eigenvalue weighted by molar-refractivity contribution is 5.84. The van der Waals surface area contributed by atoms with Gasteiger partial charge in [0.25, 0.3) is 0 Å². The lowest BCUT2D eigenvalue weighted by atomic mass is 10.0. The average molecular weight is 398 g/mol. The van der Waals surface area contributed by atoms with Crippen LogP contribution in [0.1, 0.15) is 23.6 Å². The molecule has 30 heavy (non-hydrogen) atoms. The Morgan fingerprint density at radius 3 is 2.63 bits per heavy atom. The third-order valence-electron chi connectivity index (χ3n) is 5.14. The van der Waals surface area contributed by atoms with Crippen LogP contribution in [0.5, 0.6) is 5.75 Å². The van der Waals surface area contributed by atoms with E-state index in [4.69, 9.17) is 9.72 Å². The summed E-state index contributed by atoms with van der Waals surface area (Å²) >= 11 is 0. The molecule has 4 nitrogen and oxygen atoms in total. The minimum atomic E-state index is 0.643. The zero-order chi connectivity index (χ0) is 20.8. The van der Waals surface area contributed by atoms with Crippen LogP contribution in [-0.4, -0.2) is 23.1 Å². The second kappa shape index (κ2) is 9.51. The third kappa shape index (κ3) is 4.84. The zero-order valence-electron chi connectivity index (χ0n) is 17.6. The van der Waals surface area contributed by atoms with Gasteiger partial charge in [0.1, 0.15) is 5.75 Å². The van der Waals surface area contributed by atoms with E-state index in [2.05, 4.69) is 59.7 Å². The smallest absolute Gasteiger partial charge is 0.121 e. The van der Waals surface area contributed by atoms with Gasteiger partial charge in [0.05, 0.1) is 17.8 Å². The van der Waals surface area contributed by atoms with Crippen LogP contribution in [0.3, 0.4) is 0 Å². The molecule has 0 fully saturated rings. The highest BCUT2D eigenvalue weighted by atomic mass is 16.5. The lowest BCUT2D eigenvalue weighted by Gasteiger charge is -2.13. The predicted octanol–water partition coefficient (Wildman–Crippen LogP) is 5.34. The zero-order valence-corrected chi connectivity index (χ0v) is 17.6. The molecule has 4 rings (SSSR count). The van der Waals surface area contributed by atoms with Crippen LogP contribution in [0.15, 0.2) is 73.1 Å². The number of hydrogen-bond donors (Lipinski definition) is 1. The van der Waals surface area contributed by atoms with Crippen LogP contribution >= 0.6 is 0 Å². The molecule has 0 radical (unpaired) electrons. The summed E-state index contributed by atoms with van der Waals surface area (Å²) in [6.07, 6.45) is 4.66. The summed E-state index contributed by atoms with van der Waals surface area (Å²) in [6.45, 7) is 6.42. The van der Waals surface area contributed by atoms with Crippen LogP contribution in [0.4, 0.5) is 0 Å². The van der Waals surface area contributed by atoms with E-state index in [-0.39, 0.29) is 0 Å². The minimum absolute atomic E-state index is 0.643. The van der Waals surface area contributed by atoms with Crippen molar-refractivity contribution in [3.63, 3.8) is 0 Å². The summed E-state index contributed by atoms with van der Waals surface area (Å²) in [5, 5.41) is 4.70. The van der Waals surface area contributed by atoms with E-state index in [9.17, 15) is 0 Å². The first kappa shape index (κ1) is 20.0. The normalized spacial score (nSPS) is 11.0. The van der Waals surface area contributed by atoms with Gasteiger partial charge >= 0.3 is 0 Å². The second-order valence-electron chi connectivity index (χ2n) is 7.44. The molecular weight excluding hydrogens is 370 g/mol. The number of pyridine rings is 2. The molecule has 1 N–H and O–H groups in total. The molecule has 0 amide bonds. The van der Waals surface area contributed by atoms with Gasteiger partial charge in [-0.15, -0.1) is 0 Å². The standard InChI is InChI=1S/C26H27N3O/c1-3-30-24-11-10-21-15-23(18-28-14-12-20-8-6-19(2)7-9-20)26(29-25(21)16-24)22-5-4-13-27-17-22/h4-11,13,15-17,28H,3,12,14,18H2,1-2H3. The highest BCUT2D eigenvalue weighted by Crippen LogP contribution is 2.27. The highest BCUT2D eigenvalue weighted by Gasteiger charge is 2.10. The quantitative estimate of drug-likeness (QED) is 0.408. The number of nitrogens with zero attached hydrogens (tertiary/aromatic N) is 2. The first-order chi connectivity index (χ1) is 14.7. The van der Waals surface area contributed by atoms with Gasteiger partial charge in [0.15, 0.2) is 0 Å². The first-order valence-corrected chi connectivity index (χ1v) is 10.5. The van der Waals surface area contributed by atoms with E-state index in [0.29, 0.717) is 6.61 Å². The number of nitrogens with one attached hydrogen (secondary N) is 1. The number of fused-ring (bicyclic) bond motifs is 1. The molecule has 0 unspecified atom stereocenters. The van der Waals surface area contributed by atoms with Gasteiger partial charge < -0.3 is 10.1 Å². The molecule has 0 saturated carbocycles. The van der Waals surface area contributed by atoms with E-state index in [1.807, 2.05) is 31.3 Å². The largest absolute Gasteiger partial charge is 0.494 e. The Labute approximate surface area is 178 Å². The van der Waals surface area contributed by atoms with Crippen molar-refractivity contribution >= 4 is 10.9 Å². The van der Waals surface area contributed by atoms with Gasteiger partial charge in [-0.05, 0) is 68.3 Å². The van der Waals surface area contributed by atoms with Crippen LogP contribution in [0, 0.1) is 6.92 Å². The number of rotatable bonds is 8. The molecule has 2 aromatic carbocycles. The van der Waals surface area contributed by atoms with Crippen molar-refractivity contribution in [2.24, 2.45) is 0 Å². The van der Waals surface area contributed by atoms with Gasteiger partial charge in [0.2, 0.25) is 0 Å². The number of benzene rings is 2. The Balaban J connectivity index is 1.57. The van der Waals surface area contributed by atoms with Gasteiger partial charge in [-0.2, -0.15) is 0 Å². The molecule has 0 aliphatic heterocycles. The van der Waals surface area contributed by atoms with E-state index in [1.165, 1.54) is 16.7 Å². The van der Waals surface area contributed by atoms with Crippen molar-refractivity contribution in [2.45, 2.75) is 26.8 Å². The minimum Gasteiger partial charge on any atom is -0.494 e. The topological polar surface area (TPSA) is 47.0 Å². The fourth-order valence-electron chi connectivity index (χ4n) is 3.55. The van der Waals surface area contributed by atoms with E-state index >= 15 is 0 Å². The number of ether oxygens (including phenoxy) is 1. The van der Waals surface area contributed by atoms with Crippen LogP contribution in [-0.2, 0) is 13.0 Å². The Bertz CT molecular complexity index is 1110. The van der Waals surface area contributed by atoms with Crippen molar-refractivity contribution in [1.82, 2.24) is 15.3 Å².